The molecule has 1 saturated carbocycles. The van der Waals surface area contributed by atoms with Crippen LogP contribution in [0.25, 0.3) is 0 Å². The molecule has 0 saturated heterocycles. The molecule has 1 aliphatic carbocycles. The zero-order chi connectivity index (χ0) is 9.47. The van der Waals surface area contributed by atoms with Gasteiger partial charge in [0.1, 0.15) is 0 Å². The monoisotopic (exact) mass is 178 g/mol. The van der Waals surface area contributed by atoms with Gasteiger partial charge in [-0.25, -0.2) is 8.78 Å². The molecule has 0 heterocycles. The van der Waals surface area contributed by atoms with Crippen LogP contribution in [0.3, 0.4) is 0 Å². The summed E-state index contributed by atoms with van der Waals surface area (Å²) in [5, 5.41) is 0. The van der Waals surface area contributed by atoms with Gasteiger partial charge in [0.25, 0.3) is 0 Å². The average molecular weight is 178 g/mol. The highest BCUT2D eigenvalue weighted by atomic mass is 19.2. The molecule has 1 aliphatic rings. The van der Waals surface area contributed by atoms with E-state index < -0.39 is 11.6 Å². The van der Waals surface area contributed by atoms with Crippen LogP contribution in [0.5, 0.6) is 0 Å². The Morgan fingerprint density at radius 2 is 1.92 bits per heavy atom. The number of terminal acetylenes is 1. The molecule has 1 fully saturated rings. The van der Waals surface area contributed by atoms with Crippen LogP contribution in [0.1, 0.15) is 18.4 Å². The summed E-state index contributed by atoms with van der Waals surface area (Å²) in [6.45, 7) is 0. The first-order valence-corrected chi connectivity index (χ1v) is 4.11. The van der Waals surface area contributed by atoms with Gasteiger partial charge < -0.3 is 0 Å². The lowest BCUT2D eigenvalue weighted by atomic mass is 9.97. The van der Waals surface area contributed by atoms with E-state index in [1.54, 1.807) is 6.07 Å². The summed E-state index contributed by atoms with van der Waals surface area (Å²) in [6.07, 6.45) is 7.06. The Hall–Kier alpha value is -1.36. The molecule has 0 amide bonds. The average Bonchev–Trinajstić information content (AvgIpc) is 2.90. The molecule has 13 heavy (non-hydrogen) atoms. The van der Waals surface area contributed by atoms with Gasteiger partial charge in [0.2, 0.25) is 0 Å². The van der Waals surface area contributed by atoms with Gasteiger partial charge in [0.05, 0.1) is 5.41 Å². The minimum atomic E-state index is -0.823. The highest BCUT2D eigenvalue weighted by molar-refractivity contribution is 5.40. The van der Waals surface area contributed by atoms with Crippen molar-refractivity contribution in [3.63, 3.8) is 0 Å². The highest BCUT2D eigenvalue weighted by Gasteiger charge is 2.42. The minimum Gasteiger partial charge on any atom is -0.204 e. The molecule has 0 atom stereocenters. The van der Waals surface area contributed by atoms with Crippen LogP contribution < -0.4 is 0 Å². The number of rotatable bonds is 1. The Bertz CT molecular complexity index is 384. The quantitative estimate of drug-likeness (QED) is 0.580. The zero-order valence-electron chi connectivity index (χ0n) is 6.98. The zero-order valence-corrected chi connectivity index (χ0v) is 6.98. The first kappa shape index (κ1) is 8.25. The molecule has 0 bridgehead atoms. The van der Waals surface area contributed by atoms with Crippen molar-refractivity contribution in [3.05, 3.63) is 35.4 Å². The molecule has 2 heteroatoms. The van der Waals surface area contributed by atoms with Crippen LogP contribution >= 0.6 is 0 Å². The van der Waals surface area contributed by atoms with Crippen molar-refractivity contribution in [2.75, 3.05) is 0 Å². The summed E-state index contributed by atoms with van der Waals surface area (Å²) < 4.78 is 25.4. The van der Waals surface area contributed by atoms with Gasteiger partial charge in [-0.05, 0) is 30.5 Å². The predicted octanol–water partition coefficient (Wildman–Crippen LogP) is 2.63. The molecule has 66 valence electrons. The first-order valence-electron chi connectivity index (χ1n) is 4.11. The van der Waals surface area contributed by atoms with Gasteiger partial charge in [-0.15, -0.1) is 6.42 Å². The largest absolute Gasteiger partial charge is 0.204 e. The molecular weight excluding hydrogens is 170 g/mol. The number of benzene rings is 1. The standard InChI is InChI=1S/C11H8F2/c1-2-11(5-6-11)8-3-4-9(12)10(13)7-8/h1,3-4,7H,5-6H2. The number of hydrogen-bond donors (Lipinski definition) is 0. The normalized spacial score (nSPS) is 17.9. The molecule has 2 rings (SSSR count). The number of hydrogen-bond acceptors (Lipinski definition) is 0. The Balaban J connectivity index is 2.44. The molecule has 1 aromatic rings. The van der Waals surface area contributed by atoms with Crippen LogP contribution in [-0.4, -0.2) is 0 Å². The van der Waals surface area contributed by atoms with E-state index >= 15 is 0 Å². The SMILES string of the molecule is C#CC1(c2ccc(F)c(F)c2)CC1. The van der Waals surface area contributed by atoms with Crippen molar-refractivity contribution in [1.82, 2.24) is 0 Å². The molecule has 0 aromatic heterocycles. The van der Waals surface area contributed by atoms with Gasteiger partial charge in [0.15, 0.2) is 11.6 Å². The lowest BCUT2D eigenvalue weighted by Crippen LogP contribution is -2.03. The van der Waals surface area contributed by atoms with E-state index in [4.69, 9.17) is 6.42 Å². The fourth-order valence-electron chi connectivity index (χ4n) is 1.44. The molecule has 1 aromatic carbocycles. The van der Waals surface area contributed by atoms with E-state index in [2.05, 4.69) is 5.92 Å². The van der Waals surface area contributed by atoms with Crippen molar-refractivity contribution in [2.45, 2.75) is 18.3 Å². The van der Waals surface area contributed by atoms with E-state index in [1.807, 2.05) is 0 Å². The minimum absolute atomic E-state index is 0.311. The van der Waals surface area contributed by atoms with Crippen molar-refractivity contribution < 1.29 is 8.78 Å². The molecule has 0 nitrogen and oxygen atoms in total. The summed E-state index contributed by atoms with van der Waals surface area (Å²) in [4.78, 5) is 0. The Morgan fingerprint density at radius 3 is 2.38 bits per heavy atom. The maximum absolute atomic E-state index is 12.8. The van der Waals surface area contributed by atoms with Crippen LogP contribution in [0, 0.1) is 24.0 Å². The van der Waals surface area contributed by atoms with Gasteiger partial charge >= 0.3 is 0 Å². The molecule has 0 aliphatic heterocycles. The second-order valence-corrected chi connectivity index (χ2v) is 3.36. The maximum Gasteiger partial charge on any atom is 0.159 e. The van der Waals surface area contributed by atoms with E-state index in [-0.39, 0.29) is 5.41 Å². The lowest BCUT2D eigenvalue weighted by molar-refractivity contribution is 0.506. The molecule has 0 unspecified atom stereocenters. The fraction of sp³-hybridized carbons (Fsp3) is 0.273. The summed E-state index contributed by atoms with van der Waals surface area (Å²) in [7, 11) is 0. The fourth-order valence-corrected chi connectivity index (χ4v) is 1.44. The van der Waals surface area contributed by atoms with Gasteiger partial charge in [-0.2, -0.15) is 0 Å². The molecule has 0 spiro atoms. The van der Waals surface area contributed by atoms with Crippen molar-refractivity contribution >= 4 is 0 Å². The van der Waals surface area contributed by atoms with Crippen LogP contribution in [0.15, 0.2) is 18.2 Å². The Kier molecular flexibility index (Phi) is 1.63. The van der Waals surface area contributed by atoms with Crippen LogP contribution in [0.4, 0.5) is 8.78 Å². The maximum atomic E-state index is 12.8. The third kappa shape index (κ3) is 1.21. The summed E-state index contributed by atoms with van der Waals surface area (Å²) in [5.74, 6) is 0.983. The summed E-state index contributed by atoms with van der Waals surface area (Å²) in [6, 6.07) is 3.88. The predicted molar refractivity (Wildman–Crippen MR) is 46.1 cm³/mol. The topological polar surface area (TPSA) is 0 Å². The van der Waals surface area contributed by atoms with Gasteiger partial charge in [-0.3, -0.25) is 0 Å². The second-order valence-electron chi connectivity index (χ2n) is 3.36. The van der Waals surface area contributed by atoms with E-state index in [0.29, 0.717) is 5.56 Å². The van der Waals surface area contributed by atoms with E-state index in [0.717, 1.165) is 18.9 Å². The van der Waals surface area contributed by atoms with Gasteiger partial charge in [-0.1, -0.05) is 12.0 Å². The van der Waals surface area contributed by atoms with E-state index in [1.165, 1.54) is 6.07 Å². The summed E-state index contributed by atoms with van der Waals surface area (Å²) >= 11 is 0. The van der Waals surface area contributed by atoms with Crippen molar-refractivity contribution in [1.29, 1.82) is 0 Å². The molecular formula is C11H8F2. The molecule has 0 radical (unpaired) electrons. The third-order valence-electron chi connectivity index (χ3n) is 2.50. The first-order chi connectivity index (χ1) is 6.18. The van der Waals surface area contributed by atoms with Crippen molar-refractivity contribution in [2.24, 2.45) is 0 Å². The Labute approximate surface area is 75.6 Å². The second kappa shape index (κ2) is 2.56. The highest BCUT2D eigenvalue weighted by Crippen LogP contribution is 2.47. The van der Waals surface area contributed by atoms with Crippen LogP contribution in [0.2, 0.25) is 0 Å². The smallest absolute Gasteiger partial charge is 0.159 e. The number of halogens is 2. The van der Waals surface area contributed by atoms with Crippen LogP contribution in [-0.2, 0) is 5.41 Å². The molecule has 0 N–H and O–H groups in total. The van der Waals surface area contributed by atoms with E-state index in [9.17, 15) is 8.78 Å². The Morgan fingerprint density at radius 1 is 1.23 bits per heavy atom. The lowest BCUT2D eigenvalue weighted by Gasteiger charge is -2.07. The summed E-state index contributed by atoms with van der Waals surface area (Å²) in [5.41, 5.74) is 0.406. The third-order valence-corrected chi connectivity index (χ3v) is 2.50. The van der Waals surface area contributed by atoms with Crippen molar-refractivity contribution in [3.8, 4) is 12.3 Å². The van der Waals surface area contributed by atoms with Gasteiger partial charge in [0, 0.05) is 0 Å².